The maximum atomic E-state index is 5.65. The summed E-state index contributed by atoms with van der Waals surface area (Å²) >= 11 is 0. The van der Waals surface area contributed by atoms with Gasteiger partial charge in [-0.1, -0.05) is 13.0 Å². The Balaban J connectivity index is 1.38. The van der Waals surface area contributed by atoms with Crippen molar-refractivity contribution in [3.8, 4) is 22.8 Å². The van der Waals surface area contributed by atoms with Crippen molar-refractivity contribution in [2.45, 2.75) is 26.8 Å². The molecular weight excluding hydrogens is 382 g/mol. The number of hydrogen-bond donors (Lipinski definition) is 1. The Morgan fingerprint density at radius 2 is 1.93 bits per heavy atom. The van der Waals surface area contributed by atoms with Crippen LogP contribution < -0.4 is 14.8 Å². The molecule has 0 saturated carbocycles. The molecule has 9 heteroatoms. The molecule has 4 heterocycles. The van der Waals surface area contributed by atoms with Crippen LogP contribution in [-0.2, 0) is 13.0 Å². The van der Waals surface area contributed by atoms with Gasteiger partial charge in [0.05, 0.1) is 11.4 Å². The van der Waals surface area contributed by atoms with E-state index in [9.17, 15) is 0 Å². The predicted octanol–water partition coefficient (Wildman–Crippen LogP) is 2.84. The third-order valence-electron chi connectivity index (χ3n) is 4.96. The average Bonchev–Trinajstić information content (AvgIpc) is 3.22. The molecule has 1 aliphatic heterocycles. The first kappa shape index (κ1) is 18.3. The Labute approximate surface area is 173 Å². The van der Waals surface area contributed by atoms with Crippen LogP contribution in [0.25, 0.3) is 17.0 Å². The summed E-state index contributed by atoms with van der Waals surface area (Å²) in [4.78, 5) is 17.9. The largest absolute Gasteiger partial charge is 0.486 e. The van der Waals surface area contributed by atoms with Crippen LogP contribution >= 0.6 is 0 Å². The lowest BCUT2D eigenvalue weighted by Gasteiger charge is -2.19. The number of aryl methyl sites for hydroxylation is 2. The summed E-state index contributed by atoms with van der Waals surface area (Å²) in [5.41, 5.74) is 3.65. The highest BCUT2D eigenvalue weighted by Gasteiger charge is 2.14. The summed E-state index contributed by atoms with van der Waals surface area (Å²) in [6, 6.07) is 7.77. The number of nitrogens with zero attached hydrogens (tertiary/aromatic N) is 6. The van der Waals surface area contributed by atoms with E-state index in [1.54, 1.807) is 16.9 Å². The molecule has 0 saturated heterocycles. The van der Waals surface area contributed by atoms with Gasteiger partial charge in [0.25, 0.3) is 5.78 Å². The molecule has 0 atom stereocenters. The minimum atomic E-state index is 0.537. The molecule has 4 aromatic rings. The zero-order valence-corrected chi connectivity index (χ0v) is 16.8. The number of benzene rings is 1. The molecule has 0 amide bonds. The highest BCUT2D eigenvalue weighted by atomic mass is 16.6. The number of aromatic nitrogens is 6. The molecule has 0 spiro atoms. The second-order valence-electron chi connectivity index (χ2n) is 6.95. The molecule has 9 nitrogen and oxygen atoms in total. The predicted molar refractivity (Wildman–Crippen MR) is 111 cm³/mol. The van der Waals surface area contributed by atoms with Gasteiger partial charge in [-0.25, -0.2) is 19.5 Å². The molecular formula is C21H21N7O2. The van der Waals surface area contributed by atoms with E-state index in [4.69, 9.17) is 9.47 Å². The van der Waals surface area contributed by atoms with Gasteiger partial charge in [0, 0.05) is 30.9 Å². The number of ether oxygens (including phenoxy) is 2. The van der Waals surface area contributed by atoms with Gasteiger partial charge in [-0.3, -0.25) is 0 Å². The van der Waals surface area contributed by atoms with Crippen molar-refractivity contribution in [3.63, 3.8) is 0 Å². The van der Waals surface area contributed by atoms with Crippen LogP contribution in [-0.4, -0.2) is 42.8 Å². The van der Waals surface area contributed by atoms with Crippen LogP contribution in [0.2, 0.25) is 0 Å². The van der Waals surface area contributed by atoms with E-state index in [0.717, 1.165) is 46.3 Å². The molecule has 152 valence electrons. The van der Waals surface area contributed by atoms with Crippen molar-refractivity contribution in [3.05, 3.63) is 53.7 Å². The third kappa shape index (κ3) is 3.38. The fraction of sp³-hybridized carbons (Fsp3) is 0.286. The molecule has 0 radical (unpaired) electrons. The Kier molecular flexibility index (Phi) is 4.62. The van der Waals surface area contributed by atoms with Crippen molar-refractivity contribution >= 4 is 11.7 Å². The van der Waals surface area contributed by atoms with E-state index in [1.165, 1.54) is 0 Å². The van der Waals surface area contributed by atoms with E-state index in [2.05, 4.69) is 30.4 Å². The summed E-state index contributed by atoms with van der Waals surface area (Å²) in [6.45, 7) is 5.73. The average molecular weight is 403 g/mol. The molecule has 3 aromatic heterocycles. The Morgan fingerprint density at radius 3 is 2.80 bits per heavy atom. The van der Waals surface area contributed by atoms with Crippen LogP contribution in [0.15, 0.2) is 36.7 Å². The summed E-state index contributed by atoms with van der Waals surface area (Å²) < 4.78 is 13.0. The molecule has 1 aromatic carbocycles. The summed E-state index contributed by atoms with van der Waals surface area (Å²) in [5, 5.41) is 7.79. The zero-order chi connectivity index (χ0) is 20.5. The van der Waals surface area contributed by atoms with Gasteiger partial charge in [0.2, 0.25) is 5.95 Å². The van der Waals surface area contributed by atoms with E-state index < -0.39 is 0 Å². The van der Waals surface area contributed by atoms with E-state index in [0.29, 0.717) is 31.5 Å². The Bertz CT molecular complexity index is 1220. The van der Waals surface area contributed by atoms with Crippen LogP contribution in [0.5, 0.6) is 11.5 Å². The molecule has 30 heavy (non-hydrogen) atoms. The molecule has 1 N–H and O–H groups in total. The van der Waals surface area contributed by atoms with Crippen LogP contribution in [0.4, 0.5) is 5.95 Å². The fourth-order valence-corrected chi connectivity index (χ4v) is 3.36. The summed E-state index contributed by atoms with van der Waals surface area (Å²) in [6.07, 6.45) is 4.28. The lowest BCUT2D eigenvalue weighted by molar-refractivity contribution is 0.171. The lowest BCUT2D eigenvalue weighted by atomic mass is 10.2. The van der Waals surface area contributed by atoms with Crippen LogP contribution in [0, 0.1) is 6.92 Å². The quantitative estimate of drug-likeness (QED) is 0.543. The number of nitrogens with one attached hydrogen (secondary N) is 1. The first-order chi connectivity index (χ1) is 14.7. The second-order valence-corrected chi connectivity index (χ2v) is 6.95. The number of rotatable bonds is 5. The van der Waals surface area contributed by atoms with E-state index in [1.807, 2.05) is 38.1 Å². The Morgan fingerprint density at radius 1 is 1.07 bits per heavy atom. The highest BCUT2D eigenvalue weighted by Crippen LogP contribution is 2.31. The highest BCUT2D eigenvalue weighted by molar-refractivity contribution is 5.63. The minimum absolute atomic E-state index is 0.537. The lowest BCUT2D eigenvalue weighted by Crippen LogP contribution is -2.15. The smallest absolute Gasteiger partial charge is 0.252 e. The number of hydrogen-bond acceptors (Lipinski definition) is 8. The van der Waals surface area contributed by atoms with Gasteiger partial charge >= 0.3 is 0 Å². The molecule has 5 rings (SSSR count). The number of fused-ring (bicyclic) bond motifs is 2. The third-order valence-corrected chi connectivity index (χ3v) is 4.96. The van der Waals surface area contributed by atoms with Crippen LogP contribution in [0.3, 0.4) is 0 Å². The van der Waals surface area contributed by atoms with E-state index in [-0.39, 0.29) is 0 Å². The van der Waals surface area contributed by atoms with Crippen molar-refractivity contribution in [2.24, 2.45) is 0 Å². The van der Waals surface area contributed by atoms with Gasteiger partial charge in [0.1, 0.15) is 13.2 Å². The van der Waals surface area contributed by atoms with Gasteiger partial charge in [-0.05, 0) is 30.7 Å². The monoisotopic (exact) mass is 403 g/mol. The Hall–Kier alpha value is -3.75. The topological polar surface area (TPSA) is 99.4 Å². The second kappa shape index (κ2) is 7.58. The molecule has 0 unspecified atom stereocenters. The maximum absolute atomic E-state index is 5.65. The van der Waals surface area contributed by atoms with Crippen LogP contribution in [0.1, 0.15) is 24.0 Å². The normalized spacial score (nSPS) is 12.9. The molecule has 0 bridgehead atoms. The molecule has 0 aliphatic carbocycles. The number of anilines is 1. The van der Waals surface area contributed by atoms with E-state index >= 15 is 0 Å². The van der Waals surface area contributed by atoms with Crippen molar-refractivity contribution in [1.29, 1.82) is 0 Å². The van der Waals surface area contributed by atoms with Gasteiger partial charge in [-0.15, -0.1) is 5.10 Å². The minimum Gasteiger partial charge on any atom is -0.486 e. The van der Waals surface area contributed by atoms with Crippen molar-refractivity contribution in [2.75, 3.05) is 18.5 Å². The SMILES string of the molecule is CCc1nc2ncc(-c3ccnc(NCc4ccc5c(c4)OCCO5)n3)c(C)n2n1. The van der Waals surface area contributed by atoms with Gasteiger partial charge in [0.15, 0.2) is 17.3 Å². The van der Waals surface area contributed by atoms with Crippen molar-refractivity contribution < 1.29 is 9.47 Å². The zero-order valence-electron chi connectivity index (χ0n) is 16.8. The molecule has 0 fully saturated rings. The van der Waals surface area contributed by atoms with Crippen molar-refractivity contribution in [1.82, 2.24) is 29.5 Å². The fourth-order valence-electron chi connectivity index (χ4n) is 3.36. The first-order valence-corrected chi connectivity index (χ1v) is 9.88. The summed E-state index contributed by atoms with van der Waals surface area (Å²) in [7, 11) is 0. The standard InChI is InChI=1S/C21H21N7O2/c1-3-19-26-21-24-12-15(13(2)28(21)27-19)16-6-7-22-20(25-16)23-11-14-4-5-17-18(10-14)30-9-8-29-17/h4-7,10,12H,3,8-9,11H2,1-2H3,(H,22,23,25). The first-order valence-electron chi connectivity index (χ1n) is 9.88. The molecule has 1 aliphatic rings. The maximum Gasteiger partial charge on any atom is 0.252 e. The summed E-state index contributed by atoms with van der Waals surface area (Å²) in [5.74, 6) is 3.45. The van der Waals surface area contributed by atoms with Gasteiger partial charge < -0.3 is 14.8 Å². The van der Waals surface area contributed by atoms with Gasteiger partial charge in [-0.2, -0.15) is 4.98 Å².